The Morgan fingerprint density at radius 3 is 2.94 bits per heavy atom. The minimum Gasteiger partial charge on any atom is -0.330 e. The van der Waals surface area contributed by atoms with Crippen LogP contribution in [0.15, 0.2) is 36.5 Å². The highest BCUT2D eigenvalue weighted by atomic mass is 16.1. The number of anilines is 1. The highest BCUT2D eigenvalue weighted by Gasteiger charge is 2.12. The SMILES string of the molecule is CC(CN)C(=O)Nc1cccc2cccnc12. The third kappa shape index (κ3) is 2.42. The first-order valence-corrected chi connectivity index (χ1v) is 5.57. The molecule has 0 saturated carbocycles. The first kappa shape index (κ1) is 11.5. The Morgan fingerprint density at radius 1 is 1.41 bits per heavy atom. The van der Waals surface area contributed by atoms with Crippen molar-refractivity contribution in [3.63, 3.8) is 0 Å². The Bertz CT molecular complexity index is 534. The summed E-state index contributed by atoms with van der Waals surface area (Å²) in [6, 6.07) is 9.54. The van der Waals surface area contributed by atoms with Crippen LogP contribution in [0.3, 0.4) is 0 Å². The number of carbonyl (C=O) groups excluding carboxylic acids is 1. The van der Waals surface area contributed by atoms with E-state index >= 15 is 0 Å². The number of benzene rings is 1. The summed E-state index contributed by atoms with van der Waals surface area (Å²) in [4.78, 5) is 16.0. The predicted molar refractivity (Wildman–Crippen MR) is 68.6 cm³/mol. The van der Waals surface area contributed by atoms with Gasteiger partial charge in [0.05, 0.1) is 11.2 Å². The molecule has 0 radical (unpaired) electrons. The number of pyridine rings is 1. The number of carbonyl (C=O) groups is 1. The molecule has 1 heterocycles. The van der Waals surface area contributed by atoms with Crippen LogP contribution in [0.1, 0.15) is 6.92 Å². The van der Waals surface area contributed by atoms with Crippen molar-refractivity contribution < 1.29 is 4.79 Å². The molecule has 1 aromatic carbocycles. The molecule has 88 valence electrons. The zero-order valence-electron chi connectivity index (χ0n) is 9.68. The lowest BCUT2D eigenvalue weighted by Gasteiger charge is -2.11. The molecule has 0 aliphatic carbocycles. The lowest BCUT2D eigenvalue weighted by Crippen LogP contribution is -2.26. The van der Waals surface area contributed by atoms with E-state index in [1.165, 1.54) is 0 Å². The molecule has 4 nitrogen and oxygen atoms in total. The quantitative estimate of drug-likeness (QED) is 0.842. The summed E-state index contributed by atoms with van der Waals surface area (Å²) < 4.78 is 0. The number of hydrogen-bond donors (Lipinski definition) is 2. The van der Waals surface area contributed by atoms with E-state index in [2.05, 4.69) is 10.3 Å². The summed E-state index contributed by atoms with van der Waals surface area (Å²) in [5.74, 6) is -0.278. The number of amides is 1. The average molecular weight is 229 g/mol. The van der Waals surface area contributed by atoms with Gasteiger partial charge < -0.3 is 11.1 Å². The number of nitrogens with zero attached hydrogens (tertiary/aromatic N) is 1. The summed E-state index contributed by atoms with van der Waals surface area (Å²) in [6.45, 7) is 2.14. The maximum atomic E-state index is 11.8. The van der Waals surface area contributed by atoms with Crippen LogP contribution in [0.4, 0.5) is 5.69 Å². The van der Waals surface area contributed by atoms with Gasteiger partial charge in [0.2, 0.25) is 5.91 Å². The second kappa shape index (κ2) is 4.93. The van der Waals surface area contributed by atoms with Crippen molar-refractivity contribution in [1.29, 1.82) is 0 Å². The van der Waals surface area contributed by atoms with Gasteiger partial charge in [0.15, 0.2) is 0 Å². The number of hydrogen-bond acceptors (Lipinski definition) is 3. The highest BCUT2D eigenvalue weighted by Crippen LogP contribution is 2.20. The van der Waals surface area contributed by atoms with E-state index in [0.717, 1.165) is 16.6 Å². The van der Waals surface area contributed by atoms with Gasteiger partial charge in [-0.25, -0.2) is 0 Å². The lowest BCUT2D eigenvalue weighted by atomic mass is 10.1. The van der Waals surface area contributed by atoms with Crippen molar-refractivity contribution in [3.05, 3.63) is 36.5 Å². The van der Waals surface area contributed by atoms with Gasteiger partial charge in [-0.05, 0) is 12.1 Å². The van der Waals surface area contributed by atoms with Crippen LogP contribution in [0.2, 0.25) is 0 Å². The van der Waals surface area contributed by atoms with Gasteiger partial charge in [0, 0.05) is 24.0 Å². The van der Waals surface area contributed by atoms with Crippen LogP contribution < -0.4 is 11.1 Å². The summed E-state index contributed by atoms with van der Waals surface area (Å²) in [7, 11) is 0. The van der Waals surface area contributed by atoms with Gasteiger partial charge in [0.1, 0.15) is 0 Å². The van der Waals surface area contributed by atoms with E-state index in [9.17, 15) is 4.79 Å². The van der Waals surface area contributed by atoms with Gasteiger partial charge in [-0.1, -0.05) is 25.1 Å². The number of rotatable bonds is 3. The molecule has 4 heteroatoms. The van der Waals surface area contributed by atoms with E-state index in [0.29, 0.717) is 6.54 Å². The number of aromatic nitrogens is 1. The molecule has 1 aromatic heterocycles. The third-order valence-electron chi connectivity index (χ3n) is 2.69. The molecular formula is C13H15N3O. The molecule has 1 atom stereocenters. The molecule has 2 aromatic rings. The van der Waals surface area contributed by atoms with Gasteiger partial charge in [-0.3, -0.25) is 9.78 Å². The Balaban J connectivity index is 2.33. The summed E-state index contributed by atoms with van der Waals surface area (Å²) >= 11 is 0. The van der Waals surface area contributed by atoms with E-state index < -0.39 is 0 Å². The Morgan fingerprint density at radius 2 is 2.18 bits per heavy atom. The molecule has 1 unspecified atom stereocenters. The maximum Gasteiger partial charge on any atom is 0.228 e. The first-order valence-electron chi connectivity index (χ1n) is 5.57. The number of nitrogens with one attached hydrogen (secondary N) is 1. The minimum atomic E-state index is -0.200. The molecule has 0 bridgehead atoms. The van der Waals surface area contributed by atoms with Crippen LogP contribution in [0, 0.1) is 5.92 Å². The standard InChI is InChI=1S/C13H15N3O/c1-9(8-14)13(17)16-11-6-2-4-10-5-3-7-15-12(10)11/h2-7,9H,8,14H2,1H3,(H,16,17). The summed E-state index contributed by atoms with van der Waals surface area (Å²) in [5.41, 5.74) is 6.99. The smallest absolute Gasteiger partial charge is 0.228 e. The van der Waals surface area contributed by atoms with Crippen molar-refractivity contribution in [2.24, 2.45) is 11.7 Å². The summed E-state index contributed by atoms with van der Waals surface area (Å²) in [5, 5.41) is 3.86. The molecule has 3 N–H and O–H groups in total. The van der Waals surface area contributed by atoms with Gasteiger partial charge >= 0.3 is 0 Å². The van der Waals surface area contributed by atoms with E-state index in [1.54, 1.807) is 13.1 Å². The molecule has 2 rings (SSSR count). The van der Waals surface area contributed by atoms with E-state index in [1.807, 2.05) is 30.3 Å². The van der Waals surface area contributed by atoms with Crippen molar-refractivity contribution in [3.8, 4) is 0 Å². The van der Waals surface area contributed by atoms with Crippen LogP contribution in [0.25, 0.3) is 10.9 Å². The van der Waals surface area contributed by atoms with Gasteiger partial charge in [0.25, 0.3) is 0 Å². The van der Waals surface area contributed by atoms with Crippen LogP contribution in [-0.2, 0) is 4.79 Å². The second-order valence-corrected chi connectivity index (χ2v) is 4.01. The Labute approximate surface area is 99.8 Å². The number of para-hydroxylation sites is 1. The summed E-state index contributed by atoms with van der Waals surface area (Å²) in [6.07, 6.45) is 1.71. The van der Waals surface area contributed by atoms with Crippen LogP contribution in [-0.4, -0.2) is 17.4 Å². The van der Waals surface area contributed by atoms with Gasteiger partial charge in [-0.15, -0.1) is 0 Å². The van der Waals surface area contributed by atoms with Crippen LogP contribution >= 0.6 is 0 Å². The zero-order chi connectivity index (χ0) is 12.3. The molecule has 0 saturated heterocycles. The second-order valence-electron chi connectivity index (χ2n) is 4.01. The molecule has 0 aliphatic rings. The minimum absolute atomic E-state index is 0.0781. The van der Waals surface area contributed by atoms with Gasteiger partial charge in [-0.2, -0.15) is 0 Å². The topological polar surface area (TPSA) is 68.0 Å². The third-order valence-corrected chi connectivity index (χ3v) is 2.69. The number of nitrogens with two attached hydrogens (primary N) is 1. The normalized spacial score (nSPS) is 12.4. The molecule has 0 aliphatic heterocycles. The van der Waals surface area contributed by atoms with E-state index in [4.69, 9.17) is 5.73 Å². The van der Waals surface area contributed by atoms with Crippen molar-refractivity contribution in [2.75, 3.05) is 11.9 Å². The van der Waals surface area contributed by atoms with Crippen molar-refractivity contribution >= 4 is 22.5 Å². The predicted octanol–water partition coefficient (Wildman–Crippen LogP) is 1.77. The highest BCUT2D eigenvalue weighted by molar-refractivity contribution is 6.00. The first-order chi connectivity index (χ1) is 8.22. The monoisotopic (exact) mass is 229 g/mol. The van der Waals surface area contributed by atoms with Crippen LogP contribution in [0.5, 0.6) is 0 Å². The van der Waals surface area contributed by atoms with Crippen molar-refractivity contribution in [1.82, 2.24) is 4.98 Å². The van der Waals surface area contributed by atoms with Crippen molar-refractivity contribution in [2.45, 2.75) is 6.92 Å². The molecule has 17 heavy (non-hydrogen) atoms. The zero-order valence-corrected chi connectivity index (χ0v) is 9.68. The molecule has 0 fully saturated rings. The maximum absolute atomic E-state index is 11.8. The largest absolute Gasteiger partial charge is 0.330 e. The Kier molecular flexibility index (Phi) is 3.35. The average Bonchev–Trinajstić information content (AvgIpc) is 2.38. The molecular weight excluding hydrogens is 214 g/mol. The molecule has 1 amide bonds. The van der Waals surface area contributed by atoms with E-state index in [-0.39, 0.29) is 11.8 Å². The lowest BCUT2D eigenvalue weighted by molar-refractivity contribution is -0.119. The number of fused-ring (bicyclic) bond motifs is 1. The Hall–Kier alpha value is -1.94. The molecule has 0 spiro atoms. The fourth-order valence-electron chi connectivity index (χ4n) is 1.57. The fourth-order valence-corrected chi connectivity index (χ4v) is 1.57. The fraction of sp³-hybridized carbons (Fsp3) is 0.231.